The van der Waals surface area contributed by atoms with E-state index in [1.165, 1.54) is 0 Å². The minimum Gasteiger partial charge on any atom is -0.490 e. The summed E-state index contributed by atoms with van der Waals surface area (Å²) in [7, 11) is 4.13. The van der Waals surface area contributed by atoms with Gasteiger partial charge in [-0.15, -0.1) is 0 Å². The van der Waals surface area contributed by atoms with Crippen molar-refractivity contribution in [3.8, 4) is 45.0 Å². The number of benzene rings is 3. The smallest absolute Gasteiger partial charge is 0.143 e. The zero-order valence-electron chi connectivity index (χ0n) is 25.9. The van der Waals surface area contributed by atoms with E-state index >= 15 is 4.39 Å². The highest BCUT2D eigenvalue weighted by molar-refractivity contribution is 6.02. The average molecular weight is 604 g/mol. The van der Waals surface area contributed by atoms with Gasteiger partial charge in [-0.1, -0.05) is 24.3 Å². The lowest BCUT2D eigenvalue weighted by atomic mass is 9.93. The number of aromatic nitrogens is 2. The number of rotatable bonds is 5. The van der Waals surface area contributed by atoms with Gasteiger partial charge < -0.3 is 29.2 Å². The third-order valence-corrected chi connectivity index (χ3v) is 9.70. The van der Waals surface area contributed by atoms with Gasteiger partial charge in [-0.3, -0.25) is 4.98 Å². The van der Waals surface area contributed by atoms with Gasteiger partial charge in [0.1, 0.15) is 30.5 Å². The van der Waals surface area contributed by atoms with Crippen molar-refractivity contribution in [3.05, 3.63) is 78.9 Å². The molecule has 230 valence electrons. The Balaban J connectivity index is 1.24. The van der Waals surface area contributed by atoms with Crippen LogP contribution in [0.3, 0.4) is 0 Å². The van der Waals surface area contributed by atoms with Gasteiger partial charge in [-0.05, 0) is 79.4 Å². The number of fused-ring (bicyclic) bond motifs is 3. The van der Waals surface area contributed by atoms with E-state index in [0.29, 0.717) is 24.7 Å². The SMILES string of the molecule is CN1CCOc2cc(-c3ccc(-c4c(-c5ccc6c(c5)OCCN6C)ncc5c4ccn5CC4CCNCC4)cc3F)ccc21. The summed E-state index contributed by atoms with van der Waals surface area (Å²) in [6, 6.07) is 19.9. The Labute approximate surface area is 263 Å². The van der Waals surface area contributed by atoms with Crippen LogP contribution in [0.15, 0.2) is 73.1 Å². The van der Waals surface area contributed by atoms with Crippen molar-refractivity contribution in [3.63, 3.8) is 0 Å². The molecule has 1 N–H and O–H groups in total. The van der Waals surface area contributed by atoms with E-state index in [1.807, 2.05) is 36.5 Å². The molecule has 0 aliphatic carbocycles. The molecule has 2 aromatic heterocycles. The first-order valence-electron chi connectivity index (χ1n) is 16.0. The normalized spacial score (nSPS) is 16.7. The van der Waals surface area contributed by atoms with Crippen LogP contribution in [-0.2, 0) is 6.54 Å². The van der Waals surface area contributed by atoms with Crippen molar-refractivity contribution in [2.45, 2.75) is 19.4 Å². The molecule has 1 fully saturated rings. The average Bonchev–Trinajstić information content (AvgIpc) is 3.47. The number of likely N-dealkylation sites (N-methyl/N-ethyl adjacent to an activating group) is 2. The molecule has 5 aromatic rings. The predicted molar refractivity (Wildman–Crippen MR) is 179 cm³/mol. The fourth-order valence-electron chi connectivity index (χ4n) is 7.11. The van der Waals surface area contributed by atoms with Crippen molar-refractivity contribution in [1.82, 2.24) is 14.9 Å². The number of hydrogen-bond acceptors (Lipinski definition) is 6. The Hall–Kier alpha value is -4.56. The number of piperidine rings is 1. The highest BCUT2D eigenvalue weighted by Crippen LogP contribution is 2.42. The highest BCUT2D eigenvalue weighted by atomic mass is 19.1. The Kier molecular flexibility index (Phi) is 7.09. The third-order valence-electron chi connectivity index (χ3n) is 9.70. The van der Waals surface area contributed by atoms with Gasteiger partial charge in [0, 0.05) is 48.9 Å². The molecule has 7 nitrogen and oxygen atoms in total. The molecule has 8 rings (SSSR count). The predicted octanol–water partition coefficient (Wildman–Crippen LogP) is 6.83. The molecule has 0 unspecified atom stereocenters. The standard InChI is InChI=1S/C37H38FN5O2/c1-41-15-17-44-34-20-25(4-7-31(34)41)28-6-3-26(19-30(28)38)36-29-11-14-43(23-24-9-12-39-13-10-24)33(29)22-40-37(36)27-5-8-32-35(21-27)45-18-16-42(32)2/h3-8,11,14,19-22,24,39H,9-10,12-13,15-18,23H2,1-2H3. The van der Waals surface area contributed by atoms with Crippen molar-refractivity contribution >= 4 is 22.3 Å². The molecule has 8 heteroatoms. The molecule has 0 saturated carbocycles. The second-order valence-corrected chi connectivity index (χ2v) is 12.5. The third kappa shape index (κ3) is 5.07. The minimum atomic E-state index is -0.274. The van der Waals surface area contributed by atoms with Crippen molar-refractivity contribution in [2.24, 2.45) is 5.92 Å². The fraction of sp³-hybridized carbons (Fsp3) is 0.324. The Morgan fingerprint density at radius 3 is 2.20 bits per heavy atom. The van der Waals surface area contributed by atoms with Crippen LogP contribution in [0.5, 0.6) is 11.5 Å². The first-order chi connectivity index (χ1) is 22.0. The molecule has 45 heavy (non-hydrogen) atoms. The number of pyridine rings is 1. The summed E-state index contributed by atoms with van der Waals surface area (Å²) in [4.78, 5) is 9.44. The van der Waals surface area contributed by atoms with Crippen LogP contribution in [0.2, 0.25) is 0 Å². The van der Waals surface area contributed by atoms with E-state index in [0.717, 1.165) is 107 Å². The molecule has 3 aromatic carbocycles. The molecule has 0 atom stereocenters. The van der Waals surface area contributed by atoms with Crippen molar-refractivity contribution < 1.29 is 13.9 Å². The van der Waals surface area contributed by atoms with E-state index in [1.54, 1.807) is 6.07 Å². The zero-order valence-corrected chi connectivity index (χ0v) is 25.9. The first kappa shape index (κ1) is 28.0. The van der Waals surface area contributed by atoms with Gasteiger partial charge in [0.05, 0.1) is 41.9 Å². The molecule has 0 amide bonds. The fourth-order valence-corrected chi connectivity index (χ4v) is 7.11. The molecular formula is C37H38FN5O2. The van der Waals surface area contributed by atoms with Crippen LogP contribution >= 0.6 is 0 Å². The number of halogens is 1. The zero-order chi connectivity index (χ0) is 30.5. The lowest BCUT2D eigenvalue weighted by Crippen LogP contribution is -2.29. The van der Waals surface area contributed by atoms with Crippen LogP contribution in [0.25, 0.3) is 44.4 Å². The first-order valence-corrected chi connectivity index (χ1v) is 16.0. The summed E-state index contributed by atoms with van der Waals surface area (Å²) in [6.45, 7) is 6.03. The van der Waals surface area contributed by atoms with Gasteiger partial charge in [0.25, 0.3) is 0 Å². The maximum atomic E-state index is 16.1. The van der Waals surface area contributed by atoms with Crippen LogP contribution in [-0.4, -0.2) is 63.0 Å². The lowest BCUT2D eigenvalue weighted by molar-refractivity contribution is 0.311. The Morgan fingerprint density at radius 1 is 0.822 bits per heavy atom. The molecule has 0 bridgehead atoms. The van der Waals surface area contributed by atoms with Crippen LogP contribution in [0, 0.1) is 11.7 Å². The summed E-state index contributed by atoms with van der Waals surface area (Å²) in [5.41, 5.74) is 8.01. The topological polar surface area (TPSA) is 54.8 Å². The second kappa shape index (κ2) is 11.4. The number of nitrogens with zero attached hydrogens (tertiary/aromatic N) is 4. The molecule has 0 radical (unpaired) electrons. The quantitative estimate of drug-likeness (QED) is 0.238. The summed E-state index contributed by atoms with van der Waals surface area (Å²) in [6.07, 6.45) is 6.48. The molecule has 3 aliphatic rings. The van der Waals surface area contributed by atoms with Crippen LogP contribution < -0.4 is 24.6 Å². The summed E-state index contributed by atoms with van der Waals surface area (Å²) in [5.74, 6) is 1.98. The number of nitrogens with one attached hydrogen (secondary N) is 1. The number of anilines is 2. The van der Waals surface area contributed by atoms with Gasteiger partial charge in [-0.2, -0.15) is 0 Å². The maximum absolute atomic E-state index is 16.1. The van der Waals surface area contributed by atoms with Gasteiger partial charge in [-0.25, -0.2) is 4.39 Å². The summed E-state index contributed by atoms with van der Waals surface area (Å²) >= 11 is 0. The van der Waals surface area contributed by atoms with E-state index in [-0.39, 0.29) is 5.82 Å². The molecule has 1 saturated heterocycles. The lowest BCUT2D eigenvalue weighted by Gasteiger charge is -2.28. The minimum absolute atomic E-state index is 0.274. The van der Waals surface area contributed by atoms with Gasteiger partial charge in [0.2, 0.25) is 0 Å². The van der Waals surface area contributed by atoms with Gasteiger partial charge >= 0.3 is 0 Å². The second-order valence-electron chi connectivity index (χ2n) is 12.5. The van der Waals surface area contributed by atoms with Crippen molar-refractivity contribution in [2.75, 3.05) is 63.3 Å². The van der Waals surface area contributed by atoms with Crippen LogP contribution in [0.4, 0.5) is 15.8 Å². The van der Waals surface area contributed by atoms with Gasteiger partial charge in [0.15, 0.2) is 0 Å². The van der Waals surface area contributed by atoms with E-state index in [9.17, 15) is 0 Å². The summed E-state index contributed by atoms with van der Waals surface area (Å²) in [5, 5.41) is 4.54. The molecule has 0 spiro atoms. The molecule has 5 heterocycles. The monoisotopic (exact) mass is 603 g/mol. The number of hydrogen-bond donors (Lipinski definition) is 1. The Morgan fingerprint density at radius 2 is 1.49 bits per heavy atom. The highest BCUT2D eigenvalue weighted by Gasteiger charge is 2.23. The molecular weight excluding hydrogens is 565 g/mol. The number of ether oxygens (including phenoxy) is 2. The molecule has 3 aliphatic heterocycles. The maximum Gasteiger partial charge on any atom is 0.143 e. The van der Waals surface area contributed by atoms with E-state index in [4.69, 9.17) is 14.5 Å². The van der Waals surface area contributed by atoms with Crippen LogP contribution in [0.1, 0.15) is 12.8 Å². The van der Waals surface area contributed by atoms with E-state index < -0.39 is 0 Å². The largest absolute Gasteiger partial charge is 0.490 e. The Bertz CT molecular complexity index is 1900. The van der Waals surface area contributed by atoms with E-state index in [2.05, 4.69) is 64.2 Å². The van der Waals surface area contributed by atoms with Crippen molar-refractivity contribution in [1.29, 1.82) is 0 Å². The summed E-state index contributed by atoms with van der Waals surface area (Å²) < 4.78 is 30.4.